The summed E-state index contributed by atoms with van der Waals surface area (Å²) >= 11 is 0. The Morgan fingerprint density at radius 3 is 2.92 bits per heavy atom. The molecule has 134 valence electrons. The molecule has 10 nitrogen and oxygen atoms in total. The van der Waals surface area contributed by atoms with Gasteiger partial charge in [0.1, 0.15) is 12.3 Å². The van der Waals surface area contributed by atoms with Crippen molar-refractivity contribution in [2.24, 2.45) is 0 Å². The molecule has 2 heterocycles. The minimum Gasteiger partial charge on any atom is -0.434 e. The Morgan fingerprint density at radius 1 is 1.54 bits per heavy atom. The number of aryl methyl sites for hydroxylation is 1. The van der Waals surface area contributed by atoms with E-state index in [4.69, 9.17) is 4.74 Å². The molecule has 1 saturated heterocycles. The van der Waals surface area contributed by atoms with Crippen molar-refractivity contribution in [1.82, 2.24) is 9.55 Å². The van der Waals surface area contributed by atoms with E-state index in [1.165, 1.54) is 13.1 Å². The first kappa shape index (κ1) is 18.2. The summed E-state index contributed by atoms with van der Waals surface area (Å²) < 4.78 is 15.8. The standard InChI is InChI=1S/C14H20N2O8/c1-3-4-22-14(21)24-12(19)10-8(17)5-9(23-10)16-6-7(2)11(18)15-13(16)20/h6,8-10,12,17,19H,3-5H2,1-2H3,(H,15,18,20)/t8-,9+,10-,12?/m0/s1. The third-order valence-electron chi connectivity index (χ3n) is 3.51. The third-order valence-corrected chi connectivity index (χ3v) is 3.51. The van der Waals surface area contributed by atoms with Crippen molar-refractivity contribution in [2.75, 3.05) is 6.61 Å². The SMILES string of the molecule is CCCOC(=O)OC(O)[C@H]1O[C@@H](n2cc(C)c(=O)[nH]c2=O)C[C@@H]1O. The number of hydrogen-bond acceptors (Lipinski definition) is 8. The zero-order valence-corrected chi connectivity index (χ0v) is 13.3. The van der Waals surface area contributed by atoms with E-state index in [0.717, 1.165) is 4.57 Å². The highest BCUT2D eigenvalue weighted by atomic mass is 16.8. The van der Waals surface area contributed by atoms with Gasteiger partial charge in [0.05, 0.1) is 12.7 Å². The molecule has 1 aromatic rings. The van der Waals surface area contributed by atoms with Crippen LogP contribution in [0.4, 0.5) is 4.79 Å². The van der Waals surface area contributed by atoms with Crippen LogP contribution in [-0.2, 0) is 14.2 Å². The Bertz CT molecular complexity index is 697. The summed E-state index contributed by atoms with van der Waals surface area (Å²) in [6.45, 7) is 3.44. The average molecular weight is 344 g/mol. The number of aromatic nitrogens is 2. The van der Waals surface area contributed by atoms with Crippen LogP contribution >= 0.6 is 0 Å². The van der Waals surface area contributed by atoms with Gasteiger partial charge in [-0.2, -0.15) is 0 Å². The molecule has 1 unspecified atom stereocenters. The van der Waals surface area contributed by atoms with Gasteiger partial charge in [-0.1, -0.05) is 6.92 Å². The normalized spacial score (nSPS) is 24.6. The van der Waals surface area contributed by atoms with Crippen molar-refractivity contribution in [3.63, 3.8) is 0 Å². The summed E-state index contributed by atoms with van der Waals surface area (Å²) in [7, 11) is 0. The number of nitrogens with zero attached hydrogens (tertiary/aromatic N) is 1. The second kappa shape index (κ2) is 7.60. The number of hydrogen-bond donors (Lipinski definition) is 3. The highest BCUT2D eigenvalue weighted by Gasteiger charge is 2.41. The maximum Gasteiger partial charge on any atom is 0.510 e. The summed E-state index contributed by atoms with van der Waals surface area (Å²) in [5.41, 5.74) is -0.939. The van der Waals surface area contributed by atoms with Crippen molar-refractivity contribution in [2.45, 2.75) is 51.4 Å². The highest BCUT2D eigenvalue weighted by Crippen LogP contribution is 2.29. The van der Waals surface area contributed by atoms with Crippen LogP contribution in [0.5, 0.6) is 0 Å². The monoisotopic (exact) mass is 344 g/mol. The van der Waals surface area contributed by atoms with E-state index in [1.54, 1.807) is 6.92 Å². The lowest BCUT2D eigenvalue weighted by Crippen LogP contribution is -2.38. The van der Waals surface area contributed by atoms with Gasteiger partial charge in [0, 0.05) is 18.2 Å². The van der Waals surface area contributed by atoms with E-state index >= 15 is 0 Å². The number of aliphatic hydroxyl groups is 2. The van der Waals surface area contributed by atoms with E-state index in [2.05, 4.69) is 14.5 Å². The molecule has 0 spiro atoms. The highest BCUT2D eigenvalue weighted by molar-refractivity contribution is 5.59. The predicted octanol–water partition coefficient (Wildman–Crippen LogP) is -0.625. The van der Waals surface area contributed by atoms with Crippen LogP contribution in [0, 0.1) is 6.92 Å². The molecule has 0 saturated carbocycles. The van der Waals surface area contributed by atoms with Crippen LogP contribution < -0.4 is 11.2 Å². The molecule has 2 rings (SSSR count). The Labute approximate surface area is 136 Å². The van der Waals surface area contributed by atoms with E-state index in [0.29, 0.717) is 6.42 Å². The summed E-state index contributed by atoms with van der Waals surface area (Å²) in [6.07, 6.45) is -4.33. The molecule has 4 atom stereocenters. The maximum absolute atomic E-state index is 11.8. The van der Waals surface area contributed by atoms with Gasteiger partial charge in [-0.15, -0.1) is 0 Å². The quantitative estimate of drug-likeness (QED) is 0.474. The van der Waals surface area contributed by atoms with E-state index in [9.17, 15) is 24.6 Å². The summed E-state index contributed by atoms with van der Waals surface area (Å²) in [5, 5.41) is 19.9. The first-order valence-corrected chi connectivity index (χ1v) is 7.50. The molecule has 24 heavy (non-hydrogen) atoms. The minimum atomic E-state index is -1.76. The zero-order chi connectivity index (χ0) is 17.9. The van der Waals surface area contributed by atoms with Crippen LogP contribution in [0.1, 0.15) is 31.6 Å². The number of aliphatic hydroxyl groups excluding tert-OH is 2. The number of carbonyl (C=O) groups excluding carboxylic acids is 1. The lowest BCUT2D eigenvalue weighted by Gasteiger charge is -2.21. The molecule has 1 aliphatic heterocycles. The Kier molecular flexibility index (Phi) is 5.75. The molecule has 0 aliphatic carbocycles. The first-order valence-electron chi connectivity index (χ1n) is 7.50. The number of rotatable bonds is 5. The first-order chi connectivity index (χ1) is 11.3. The van der Waals surface area contributed by atoms with Crippen molar-refractivity contribution in [1.29, 1.82) is 0 Å². The molecule has 1 aliphatic rings. The van der Waals surface area contributed by atoms with Gasteiger partial charge < -0.3 is 24.4 Å². The second-order valence-electron chi connectivity index (χ2n) is 5.44. The fourth-order valence-corrected chi connectivity index (χ4v) is 2.29. The number of H-pyrrole nitrogens is 1. The molecule has 10 heteroatoms. The number of aromatic amines is 1. The van der Waals surface area contributed by atoms with E-state index < -0.39 is 42.1 Å². The van der Waals surface area contributed by atoms with Crippen LogP contribution in [0.3, 0.4) is 0 Å². The van der Waals surface area contributed by atoms with Crippen molar-refractivity contribution in [3.05, 3.63) is 32.6 Å². The molecular weight excluding hydrogens is 324 g/mol. The molecule has 0 radical (unpaired) electrons. The number of nitrogens with one attached hydrogen (secondary N) is 1. The lowest BCUT2D eigenvalue weighted by atomic mass is 10.1. The summed E-state index contributed by atoms with van der Waals surface area (Å²) in [6, 6.07) is 0. The zero-order valence-electron chi connectivity index (χ0n) is 13.3. The van der Waals surface area contributed by atoms with Crippen molar-refractivity contribution in [3.8, 4) is 0 Å². The van der Waals surface area contributed by atoms with Crippen LogP contribution in [0.15, 0.2) is 15.8 Å². The van der Waals surface area contributed by atoms with Crippen LogP contribution in [-0.4, -0.2) is 51.0 Å². The van der Waals surface area contributed by atoms with Gasteiger partial charge in [-0.25, -0.2) is 9.59 Å². The van der Waals surface area contributed by atoms with Crippen molar-refractivity contribution >= 4 is 6.16 Å². The maximum atomic E-state index is 11.8. The van der Waals surface area contributed by atoms with Crippen molar-refractivity contribution < 1.29 is 29.2 Å². The molecule has 1 aromatic heterocycles. The number of carbonyl (C=O) groups is 1. The van der Waals surface area contributed by atoms with Gasteiger partial charge in [-0.05, 0) is 13.3 Å². The Hall–Kier alpha value is -2.17. The Balaban J connectivity index is 2.06. The largest absolute Gasteiger partial charge is 0.510 e. The Morgan fingerprint density at radius 2 is 2.25 bits per heavy atom. The van der Waals surface area contributed by atoms with Gasteiger partial charge in [-0.3, -0.25) is 14.3 Å². The lowest BCUT2D eigenvalue weighted by molar-refractivity contribution is -0.178. The fourth-order valence-electron chi connectivity index (χ4n) is 2.29. The van der Waals surface area contributed by atoms with Gasteiger partial charge in [0.15, 0.2) is 0 Å². The van der Waals surface area contributed by atoms with Gasteiger partial charge >= 0.3 is 11.8 Å². The van der Waals surface area contributed by atoms with Gasteiger partial charge in [0.25, 0.3) is 5.56 Å². The summed E-state index contributed by atoms with van der Waals surface area (Å²) in [4.78, 5) is 36.7. The topological polar surface area (TPSA) is 140 Å². The fraction of sp³-hybridized carbons (Fsp3) is 0.643. The van der Waals surface area contributed by atoms with E-state index in [1.807, 2.05) is 0 Å². The predicted molar refractivity (Wildman–Crippen MR) is 79.3 cm³/mol. The molecule has 0 bridgehead atoms. The minimum absolute atomic E-state index is 0.0273. The molecular formula is C14H20N2O8. The van der Waals surface area contributed by atoms with E-state index in [-0.39, 0.29) is 18.6 Å². The average Bonchev–Trinajstić information content (AvgIpc) is 2.90. The molecule has 1 fully saturated rings. The third kappa shape index (κ3) is 4.02. The molecule has 0 amide bonds. The van der Waals surface area contributed by atoms with Crippen LogP contribution in [0.25, 0.3) is 0 Å². The number of ether oxygens (including phenoxy) is 3. The smallest absolute Gasteiger partial charge is 0.434 e. The summed E-state index contributed by atoms with van der Waals surface area (Å²) in [5.74, 6) is 0. The van der Waals surface area contributed by atoms with Gasteiger partial charge in [0.2, 0.25) is 6.29 Å². The molecule has 3 N–H and O–H groups in total. The van der Waals surface area contributed by atoms with Crippen LogP contribution in [0.2, 0.25) is 0 Å². The second-order valence-corrected chi connectivity index (χ2v) is 5.44. The molecule has 0 aromatic carbocycles.